The smallest absolute Gasteiger partial charge is 0.121 e. The third-order valence-electron chi connectivity index (χ3n) is 2.63. The highest BCUT2D eigenvalue weighted by atomic mass is 35.5. The maximum absolute atomic E-state index is 8.82. The summed E-state index contributed by atoms with van der Waals surface area (Å²) in [7, 11) is 0. The lowest BCUT2D eigenvalue weighted by atomic mass is 9.95. The molecule has 98 valence electrons. The quantitative estimate of drug-likeness (QED) is 0.835. The highest BCUT2D eigenvalue weighted by Gasteiger charge is 2.30. The van der Waals surface area contributed by atoms with E-state index in [0.29, 0.717) is 22.3 Å². The fraction of sp³-hybridized carbons (Fsp3) is 0.500. The Kier molecular flexibility index (Phi) is 4.95. The molecule has 0 saturated carbocycles. The summed E-state index contributed by atoms with van der Waals surface area (Å²) in [6.07, 6.45) is -0.0372. The van der Waals surface area contributed by atoms with E-state index in [0.717, 1.165) is 0 Å². The Hall–Kier alpha value is -0.850. The van der Waals surface area contributed by atoms with Crippen molar-refractivity contribution in [3.63, 3.8) is 0 Å². The fourth-order valence-electron chi connectivity index (χ4n) is 1.90. The summed E-state index contributed by atoms with van der Waals surface area (Å²) in [6, 6.07) is 7.13. The average molecular weight is 284 g/mol. The lowest BCUT2D eigenvalue weighted by Crippen LogP contribution is -2.40. The predicted octanol–water partition coefficient (Wildman–Crippen LogP) is 4.32. The molecular weight excluding hydrogens is 266 g/mol. The second-order valence-electron chi connectivity index (χ2n) is 5.19. The SMILES string of the molecule is CC(C)[C@@H](Oc1ccc(C#N)c(Cl)c1)C(C)(C)S. The molecule has 0 aliphatic carbocycles. The van der Waals surface area contributed by atoms with Crippen molar-refractivity contribution >= 4 is 24.2 Å². The van der Waals surface area contributed by atoms with Gasteiger partial charge in [0.25, 0.3) is 0 Å². The van der Waals surface area contributed by atoms with Crippen molar-refractivity contribution in [2.24, 2.45) is 5.92 Å². The second-order valence-corrected chi connectivity index (χ2v) is 6.75. The van der Waals surface area contributed by atoms with Gasteiger partial charge in [-0.3, -0.25) is 0 Å². The molecule has 1 atom stereocenters. The molecule has 0 fully saturated rings. The highest BCUT2D eigenvalue weighted by Crippen LogP contribution is 2.30. The van der Waals surface area contributed by atoms with E-state index in [9.17, 15) is 0 Å². The van der Waals surface area contributed by atoms with Gasteiger partial charge in [-0.2, -0.15) is 17.9 Å². The first-order valence-corrected chi connectivity index (χ1v) is 6.67. The van der Waals surface area contributed by atoms with E-state index >= 15 is 0 Å². The van der Waals surface area contributed by atoms with E-state index in [1.807, 2.05) is 19.9 Å². The first-order valence-electron chi connectivity index (χ1n) is 5.84. The Morgan fingerprint density at radius 2 is 2.00 bits per heavy atom. The monoisotopic (exact) mass is 283 g/mol. The number of thiol groups is 1. The number of rotatable bonds is 4. The van der Waals surface area contributed by atoms with E-state index in [4.69, 9.17) is 21.6 Å². The minimum atomic E-state index is -0.255. The summed E-state index contributed by atoms with van der Waals surface area (Å²) >= 11 is 10.6. The van der Waals surface area contributed by atoms with Crippen molar-refractivity contribution in [2.75, 3.05) is 0 Å². The zero-order chi connectivity index (χ0) is 13.9. The Morgan fingerprint density at radius 1 is 1.39 bits per heavy atom. The number of nitriles is 1. The van der Waals surface area contributed by atoms with Gasteiger partial charge in [0.15, 0.2) is 0 Å². The molecule has 1 aromatic carbocycles. The van der Waals surface area contributed by atoms with Crippen molar-refractivity contribution in [3.05, 3.63) is 28.8 Å². The maximum Gasteiger partial charge on any atom is 0.121 e. The van der Waals surface area contributed by atoms with E-state index in [1.54, 1.807) is 18.2 Å². The molecule has 4 heteroatoms. The molecule has 0 bridgehead atoms. The van der Waals surface area contributed by atoms with Crippen LogP contribution in [0.15, 0.2) is 18.2 Å². The van der Waals surface area contributed by atoms with E-state index in [-0.39, 0.29) is 10.9 Å². The zero-order valence-electron chi connectivity index (χ0n) is 11.1. The van der Waals surface area contributed by atoms with Crippen LogP contribution in [0.1, 0.15) is 33.3 Å². The first-order chi connectivity index (χ1) is 8.25. The van der Waals surface area contributed by atoms with Crippen LogP contribution in [0, 0.1) is 17.2 Å². The molecule has 0 aromatic heterocycles. The van der Waals surface area contributed by atoms with Crippen molar-refractivity contribution < 1.29 is 4.74 Å². The van der Waals surface area contributed by atoms with Crippen LogP contribution in [0.2, 0.25) is 5.02 Å². The third-order valence-corrected chi connectivity index (χ3v) is 3.19. The summed E-state index contributed by atoms with van der Waals surface area (Å²) in [5, 5.41) is 9.23. The molecule has 0 N–H and O–H groups in total. The van der Waals surface area contributed by atoms with Crippen LogP contribution in [0.25, 0.3) is 0 Å². The van der Waals surface area contributed by atoms with Crippen LogP contribution >= 0.6 is 24.2 Å². The molecule has 18 heavy (non-hydrogen) atoms. The van der Waals surface area contributed by atoms with Gasteiger partial charge in [0.1, 0.15) is 17.9 Å². The minimum Gasteiger partial charge on any atom is -0.489 e. The lowest BCUT2D eigenvalue weighted by molar-refractivity contribution is 0.122. The number of nitrogens with zero attached hydrogens (tertiary/aromatic N) is 1. The third kappa shape index (κ3) is 3.83. The van der Waals surface area contributed by atoms with Gasteiger partial charge in [-0.1, -0.05) is 25.4 Å². The number of hydrogen-bond donors (Lipinski definition) is 1. The molecular formula is C14H18ClNOS. The van der Waals surface area contributed by atoms with Crippen molar-refractivity contribution in [1.29, 1.82) is 5.26 Å². The molecule has 0 amide bonds. The van der Waals surface area contributed by atoms with E-state index in [2.05, 4.69) is 26.5 Å². The average Bonchev–Trinajstić information content (AvgIpc) is 2.24. The molecule has 1 aromatic rings. The first kappa shape index (κ1) is 15.2. The molecule has 2 nitrogen and oxygen atoms in total. The van der Waals surface area contributed by atoms with Crippen LogP contribution in [-0.2, 0) is 0 Å². The molecule has 0 saturated heterocycles. The van der Waals surface area contributed by atoms with Gasteiger partial charge in [0.05, 0.1) is 10.6 Å². The summed E-state index contributed by atoms with van der Waals surface area (Å²) < 4.78 is 5.70. The van der Waals surface area contributed by atoms with Gasteiger partial charge >= 0.3 is 0 Å². The zero-order valence-corrected chi connectivity index (χ0v) is 12.7. The highest BCUT2D eigenvalue weighted by molar-refractivity contribution is 7.81. The van der Waals surface area contributed by atoms with Crippen molar-refractivity contribution in [2.45, 2.75) is 38.5 Å². The lowest BCUT2D eigenvalue weighted by Gasteiger charge is -2.33. The van der Waals surface area contributed by atoms with Gasteiger partial charge in [-0.05, 0) is 31.9 Å². The van der Waals surface area contributed by atoms with Crippen LogP contribution in [-0.4, -0.2) is 10.9 Å². The Morgan fingerprint density at radius 3 is 2.39 bits per heavy atom. The van der Waals surface area contributed by atoms with Gasteiger partial charge in [0.2, 0.25) is 0 Å². The van der Waals surface area contributed by atoms with Gasteiger partial charge < -0.3 is 4.74 Å². The van der Waals surface area contributed by atoms with Gasteiger partial charge in [-0.15, -0.1) is 0 Å². The van der Waals surface area contributed by atoms with Gasteiger partial charge in [-0.25, -0.2) is 0 Å². The van der Waals surface area contributed by atoms with Crippen LogP contribution in [0.3, 0.4) is 0 Å². The minimum absolute atomic E-state index is 0.0372. The summed E-state index contributed by atoms with van der Waals surface area (Å²) in [6.45, 7) is 8.22. The summed E-state index contributed by atoms with van der Waals surface area (Å²) in [4.78, 5) is 0. The second kappa shape index (κ2) is 5.86. The Bertz CT molecular complexity index is 460. The largest absolute Gasteiger partial charge is 0.489 e. The summed E-state index contributed by atoms with van der Waals surface area (Å²) in [5.74, 6) is 0.992. The molecule has 0 aliphatic heterocycles. The number of halogens is 1. The predicted molar refractivity (Wildman–Crippen MR) is 78.5 cm³/mol. The molecule has 0 unspecified atom stereocenters. The van der Waals surface area contributed by atoms with E-state index in [1.165, 1.54) is 0 Å². The number of ether oxygens (including phenoxy) is 1. The standard InChI is InChI=1S/C14H18ClNOS/c1-9(2)13(14(3,4)18)17-11-6-5-10(8-16)12(15)7-11/h5-7,9,13,18H,1-4H3/t13-/m1/s1. The van der Waals surface area contributed by atoms with Gasteiger partial charge in [0, 0.05) is 10.8 Å². The molecule has 1 rings (SSSR count). The maximum atomic E-state index is 8.82. The molecule has 0 radical (unpaired) electrons. The van der Waals surface area contributed by atoms with Crippen molar-refractivity contribution in [1.82, 2.24) is 0 Å². The molecule has 0 spiro atoms. The Labute approximate surface area is 119 Å². The van der Waals surface area contributed by atoms with E-state index < -0.39 is 0 Å². The number of benzene rings is 1. The Balaban J connectivity index is 2.96. The summed E-state index contributed by atoms with van der Waals surface area (Å²) in [5.41, 5.74) is 0.454. The van der Waals surface area contributed by atoms with Crippen LogP contribution in [0.5, 0.6) is 5.75 Å². The van der Waals surface area contributed by atoms with Crippen molar-refractivity contribution in [3.8, 4) is 11.8 Å². The fourth-order valence-corrected chi connectivity index (χ4v) is 2.47. The van der Waals surface area contributed by atoms with Crippen LogP contribution < -0.4 is 4.74 Å². The topological polar surface area (TPSA) is 33.0 Å². The number of hydrogen-bond acceptors (Lipinski definition) is 3. The normalized spacial score (nSPS) is 13.2. The molecule has 0 aliphatic rings. The molecule has 0 heterocycles. The van der Waals surface area contributed by atoms with Crippen LogP contribution in [0.4, 0.5) is 0 Å².